The summed E-state index contributed by atoms with van der Waals surface area (Å²) in [6.07, 6.45) is 0. The average molecular weight is 255 g/mol. The Morgan fingerprint density at radius 1 is 1.47 bits per heavy atom. The van der Waals surface area contributed by atoms with E-state index in [2.05, 4.69) is 10.1 Å². The summed E-state index contributed by atoms with van der Waals surface area (Å²) >= 11 is 1.44. The molecular formula is C11H13NO4S. The van der Waals surface area contributed by atoms with Crippen molar-refractivity contribution in [2.24, 2.45) is 5.92 Å². The smallest absolute Gasteiger partial charge is 0.318 e. The zero-order valence-corrected chi connectivity index (χ0v) is 10.4. The molecule has 0 aliphatic carbocycles. The summed E-state index contributed by atoms with van der Waals surface area (Å²) < 4.78 is 9.76. The van der Waals surface area contributed by atoms with E-state index in [1.54, 1.807) is 7.11 Å². The van der Waals surface area contributed by atoms with Crippen molar-refractivity contribution in [1.29, 1.82) is 0 Å². The predicted octanol–water partition coefficient (Wildman–Crippen LogP) is 0.759. The molecule has 1 aliphatic rings. The molecule has 1 fully saturated rings. The Labute approximate surface area is 103 Å². The maximum atomic E-state index is 11.6. The molecule has 1 N–H and O–H groups in total. The first-order chi connectivity index (χ1) is 8.17. The lowest BCUT2D eigenvalue weighted by atomic mass is 9.94. The molecule has 2 atom stereocenters. The maximum Gasteiger partial charge on any atom is 0.318 e. The molecule has 1 saturated heterocycles. The van der Waals surface area contributed by atoms with Gasteiger partial charge < -0.3 is 14.8 Å². The van der Waals surface area contributed by atoms with Crippen molar-refractivity contribution in [3.05, 3.63) is 17.0 Å². The molecule has 0 unspecified atom stereocenters. The van der Waals surface area contributed by atoms with E-state index in [9.17, 15) is 9.59 Å². The fourth-order valence-electron chi connectivity index (χ4n) is 1.93. The van der Waals surface area contributed by atoms with Crippen LogP contribution in [-0.2, 0) is 14.3 Å². The lowest BCUT2D eigenvalue weighted by Crippen LogP contribution is -2.27. The Morgan fingerprint density at radius 3 is 2.82 bits per heavy atom. The SMILES string of the molecule is COC(=O)[C@H]1C(=O)NC[C@@H]1c1ccc(OC)s1. The lowest BCUT2D eigenvalue weighted by Gasteiger charge is -2.12. The third kappa shape index (κ3) is 2.12. The van der Waals surface area contributed by atoms with Crippen molar-refractivity contribution in [1.82, 2.24) is 5.32 Å². The Kier molecular flexibility index (Phi) is 3.33. The largest absolute Gasteiger partial charge is 0.487 e. The quantitative estimate of drug-likeness (QED) is 0.639. The molecule has 5 nitrogen and oxygen atoms in total. The molecule has 2 rings (SSSR count). The van der Waals surface area contributed by atoms with Crippen LogP contribution in [-0.4, -0.2) is 32.6 Å². The first kappa shape index (κ1) is 11.9. The van der Waals surface area contributed by atoms with Crippen molar-refractivity contribution >= 4 is 23.2 Å². The highest BCUT2D eigenvalue weighted by Crippen LogP contribution is 2.36. The fraction of sp³-hybridized carbons (Fsp3) is 0.455. The second-order valence-electron chi connectivity index (χ2n) is 3.71. The van der Waals surface area contributed by atoms with E-state index in [0.29, 0.717) is 6.54 Å². The summed E-state index contributed by atoms with van der Waals surface area (Å²) in [4.78, 5) is 24.1. The number of hydrogen-bond donors (Lipinski definition) is 1. The number of carbonyl (C=O) groups excluding carboxylic acids is 2. The minimum atomic E-state index is -0.747. The number of rotatable bonds is 3. The van der Waals surface area contributed by atoms with Gasteiger partial charge in [-0.1, -0.05) is 0 Å². The van der Waals surface area contributed by atoms with Crippen molar-refractivity contribution in [2.75, 3.05) is 20.8 Å². The van der Waals surface area contributed by atoms with Crippen LogP contribution in [0.3, 0.4) is 0 Å². The summed E-state index contributed by atoms with van der Waals surface area (Å²) in [6, 6.07) is 3.71. The van der Waals surface area contributed by atoms with Gasteiger partial charge in [0.25, 0.3) is 0 Å². The Balaban J connectivity index is 2.25. The van der Waals surface area contributed by atoms with Gasteiger partial charge in [0.15, 0.2) is 5.06 Å². The monoisotopic (exact) mass is 255 g/mol. The normalized spacial score (nSPS) is 23.3. The van der Waals surface area contributed by atoms with Crippen LogP contribution in [0.25, 0.3) is 0 Å². The number of amides is 1. The van der Waals surface area contributed by atoms with Crippen LogP contribution in [0, 0.1) is 5.92 Å². The van der Waals surface area contributed by atoms with E-state index in [1.165, 1.54) is 18.4 Å². The molecule has 0 aromatic carbocycles. The third-order valence-corrected chi connectivity index (χ3v) is 3.98. The molecule has 0 bridgehead atoms. The highest BCUT2D eigenvalue weighted by molar-refractivity contribution is 7.13. The highest BCUT2D eigenvalue weighted by atomic mass is 32.1. The number of ether oxygens (including phenoxy) is 2. The number of hydrogen-bond acceptors (Lipinski definition) is 5. The number of thiophene rings is 1. The summed E-state index contributed by atoms with van der Waals surface area (Å²) in [6.45, 7) is 0.461. The van der Waals surface area contributed by atoms with Gasteiger partial charge in [-0.2, -0.15) is 0 Å². The zero-order chi connectivity index (χ0) is 12.4. The van der Waals surface area contributed by atoms with Crippen LogP contribution in [0.4, 0.5) is 0 Å². The Morgan fingerprint density at radius 2 is 2.24 bits per heavy atom. The van der Waals surface area contributed by atoms with Gasteiger partial charge in [0.2, 0.25) is 5.91 Å². The van der Waals surface area contributed by atoms with Gasteiger partial charge in [0.1, 0.15) is 5.92 Å². The molecule has 2 heterocycles. The van der Waals surface area contributed by atoms with Crippen LogP contribution < -0.4 is 10.1 Å². The van der Waals surface area contributed by atoms with Crippen molar-refractivity contribution < 1.29 is 19.1 Å². The summed E-state index contributed by atoms with van der Waals surface area (Å²) in [5, 5.41) is 3.45. The minimum Gasteiger partial charge on any atom is -0.487 e. The summed E-state index contributed by atoms with van der Waals surface area (Å²) in [5.74, 6) is -1.67. The fourth-order valence-corrected chi connectivity index (χ4v) is 2.89. The van der Waals surface area contributed by atoms with Gasteiger partial charge in [0, 0.05) is 17.3 Å². The number of esters is 1. The molecule has 1 amide bonds. The molecule has 1 aromatic rings. The van der Waals surface area contributed by atoms with Crippen LogP contribution in [0.5, 0.6) is 5.06 Å². The average Bonchev–Trinajstić information content (AvgIpc) is 2.94. The molecule has 17 heavy (non-hydrogen) atoms. The van der Waals surface area contributed by atoms with E-state index >= 15 is 0 Å². The molecule has 0 spiro atoms. The Hall–Kier alpha value is -1.56. The second kappa shape index (κ2) is 4.75. The van der Waals surface area contributed by atoms with E-state index in [-0.39, 0.29) is 11.8 Å². The molecule has 0 saturated carbocycles. The van der Waals surface area contributed by atoms with Crippen molar-refractivity contribution in [3.63, 3.8) is 0 Å². The molecule has 1 aliphatic heterocycles. The van der Waals surface area contributed by atoms with E-state index < -0.39 is 11.9 Å². The standard InChI is InChI=1S/C11H13NO4S/c1-15-8-4-3-7(17-8)6-5-12-10(13)9(6)11(14)16-2/h3-4,6,9H,5H2,1-2H3,(H,12,13)/t6-,9-/m1/s1. The van der Waals surface area contributed by atoms with Gasteiger partial charge >= 0.3 is 5.97 Å². The third-order valence-electron chi connectivity index (χ3n) is 2.80. The van der Waals surface area contributed by atoms with Crippen LogP contribution in [0.2, 0.25) is 0 Å². The lowest BCUT2D eigenvalue weighted by molar-refractivity contribution is -0.149. The van der Waals surface area contributed by atoms with E-state index in [4.69, 9.17) is 4.74 Å². The molecule has 0 radical (unpaired) electrons. The first-order valence-corrected chi connectivity index (χ1v) is 5.98. The van der Waals surface area contributed by atoms with Crippen LogP contribution >= 0.6 is 11.3 Å². The molecule has 6 heteroatoms. The first-order valence-electron chi connectivity index (χ1n) is 5.16. The topological polar surface area (TPSA) is 64.6 Å². The zero-order valence-electron chi connectivity index (χ0n) is 9.56. The predicted molar refractivity (Wildman–Crippen MR) is 62.1 cm³/mol. The highest BCUT2D eigenvalue weighted by Gasteiger charge is 2.42. The second-order valence-corrected chi connectivity index (χ2v) is 4.79. The van der Waals surface area contributed by atoms with Gasteiger partial charge in [-0.05, 0) is 12.1 Å². The van der Waals surface area contributed by atoms with Gasteiger partial charge in [0.05, 0.1) is 14.2 Å². The van der Waals surface area contributed by atoms with Crippen LogP contribution in [0.15, 0.2) is 12.1 Å². The molecule has 1 aromatic heterocycles. The van der Waals surface area contributed by atoms with E-state index in [1.807, 2.05) is 12.1 Å². The number of nitrogens with one attached hydrogen (secondary N) is 1. The maximum absolute atomic E-state index is 11.6. The van der Waals surface area contributed by atoms with Crippen molar-refractivity contribution in [2.45, 2.75) is 5.92 Å². The van der Waals surface area contributed by atoms with E-state index in [0.717, 1.165) is 9.94 Å². The summed E-state index contributed by atoms with van der Waals surface area (Å²) in [5.41, 5.74) is 0. The van der Waals surface area contributed by atoms with Crippen molar-refractivity contribution in [3.8, 4) is 5.06 Å². The Bertz CT molecular complexity index is 442. The van der Waals surface area contributed by atoms with Crippen LogP contribution in [0.1, 0.15) is 10.8 Å². The van der Waals surface area contributed by atoms with Gasteiger partial charge in [-0.25, -0.2) is 0 Å². The number of carbonyl (C=O) groups is 2. The molecule has 92 valence electrons. The van der Waals surface area contributed by atoms with Gasteiger partial charge in [-0.3, -0.25) is 9.59 Å². The van der Waals surface area contributed by atoms with Gasteiger partial charge in [-0.15, -0.1) is 11.3 Å². The summed E-state index contributed by atoms with van der Waals surface area (Å²) in [7, 11) is 2.88. The minimum absolute atomic E-state index is 0.163. The molecular weight excluding hydrogens is 242 g/mol. The number of methoxy groups -OCH3 is 2.